The van der Waals surface area contributed by atoms with E-state index >= 15 is 0 Å². The fraction of sp³-hybridized carbons (Fsp3) is 0.217. The second-order valence-electron chi connectivity index (χ2n) is 6.86. The van der Waals surface area contributed by atoms with E-state index in [0.29, 0.717) is 5.03 Å². The summed E-state index contributed by atoms with van der Waals surface area (Å²) < 4.78 is 13.2. The average molecular weight is 439 g/mol. The molecule has 0 unspecified atom stereocenters. The number of hydrogen-bond donors (Lipinski definition) is 2. The van der Waals surface area contributed by atoms with Crippen molar-refractivity contribution < 1.29 is 14.0 Å². The maximum Gasteiger partial charge on any atom is 0.256 e. The maximum absolute atomic E-state index is 13.2. The summed E-state index contributed by atoms with van der Waals surface area (Å²) in [5.41, 5.74) is 2.21. The molecule has 0 aliphatic heterocycles. The number of aromatic nitrogens is 2. The zero-order valence-electron chi connectivity index (χ0n) is 17.1. The van der Waals surface area contributed by atoms with Gasteiger partial charge in [0.15, 0.2) is 5.82 Å². The van der Waals surface area contributed by atoms with E-state index in [4.69, 9.17) is 0 Å². The first-order chi connectivity index (χ1) is 15.0. The minimum Gasteiger partial charge on any atom is -0.325 e. The average Bonchev–Trinajstić information content (AvgIpc) is 2.78. The van der Waals surface area contributed by atoms with E-state index in [1.54, 1.807) is 12.1 Å². The predicted octanol–water partition coefficient (Wildman–Crippen LogP) is 4.94. The van der Waals surface area contributed by atoms with Gasteiger partial charge in [-0.05, 0) is 60.9 Å². The van der Waals surface area contributed by atoms with Gasteiger partial charge in [-0.1, -0.05) is 43.3 Å². The van der Waals surface area contributed by atoms with Crippen LogP contribution in [-0.2, 0) is 11.2 Å². The third-order valence-corrected chi connectivity index (χ3v) is 5.30. The largest absolute Gasteiger partial charge is 0.325 e. The summed E-state index contributed by atoms with van der Waals surface area (Å²) in [7, 11) is 0. The molecular weight excluding hydrogens is 415 g/mol. The van der Waals surface area contributed by atoms with Gasteiger partial charge in [-0.15, -0.1) is 10.2 Å². The Balaban J connectivity index is 1.46. The SMILES string of the molecule is CCCCc1ccc(NC(=O)CSc2ccc(NC(=O)c3cccc(F)c3)nn2)cc1. The lowest BCUT2D eigenvalue weighted by atomic mass is 10.1. The highest BCUT2D eigenvalue weighted by Gasteiger charge is 2.09. The number of nitrogens with zero attached hydrogens (tertiary/aromatic N) is 2. The van der Waals surface area contributed by atoms with Crippen LogP contribution >= 0.6 is 11.8 Å². The normalized spacial score (nSPS) is 10.5. The molecule has 6 nitrogen and oxygen atoms in total. The first kappa shape index (κ1) is 22.4. The lowest BCUT2D eigenvalue weighted by Crippen LogP contribution is -2.15. The van der Waals surface area contributed by atoms with Gasteiger partial charge in [0.05, 0.1) is 5.75 Å². The molecule has 0 fully saturated rings. The van der Waals surface area contributed by atoms with E-state index in [0.717, 1.165) is 31.0 Å². The van der Waals surface area contributed by atoms with Gasteiger partial charge in [0, 0.05) is 11.3 Å². The molecule has 0 radical (unpaired) electrons. The molecule has 3 rings (SSSR count). The quantitative estimate of drug-likeness (QED) is 0.462. The lowest BCUT2D eigenvalue weighted by Gasteiger charge is -2.07. The Kier molecular flexibility index (Phi) is 8.12. The van der Waals surface area contributed by atoms with Crippen molar-refractivity contribution in [1.82, 2.24) is 10.2 Å². The van der Waals surface area contributed by atoms with Gasteiger partial charge >= 0.3 is 0 Å². The molecule has 8 heteroatoms. The topological polar surface area (TPSA) is 84.0 Å². The van der Waals surface area contributed by atoms with Gasteiger partial charge < -0.3 is 10.6 Å². The number of halogens is 1. The van der Waals surface area contributed by atoms with Crippen LogP contribution in [0.5, 0.6) is 0 Å². The molecule has 2 N–H and O–H groups in total. The molecule has 2 amide bonds. The van der Waals surface area contributed by atoms with Gasteiger partial charge in [0.2, 0.25) is 5.91 Å². The van der Waals surface area contributed by atoms with Crippen molar-refractivity contribution >= 4 is 35.1 Å². The third kappa shape index (κ3) is 7.18. The maximum atomic E-state index is 13.2. The smallest absolute Gasteiger partial charge is 0.256 e. The number of carbonyl (C=O) groups excluding carboxylic acids is 2. The second-order valence-corrected chi connectivity index (χ2v) is 7.85. The van der Waals surface area contributed by atoms with Crippen LogP contribution in [0.25, 0.3) is 0 Å². The number of carbonyl (C=O) groups is 2. The van der Waals surface area contributed by atoms with E-state index in [2.05, 4.69) is 27.8 Å². The van der Waals surface area contributed by atoms with Gasteiger partial charge in [-0.2, -0.15) is 0 Å². The van der Waals surface area contributed by atoms with Crippen LogP contribution in [0.15, 0.2) is 65.7 Å². The highest BCUT2D eigenvalue weighted by molar-refractivity contribution is 7.99. The van der Waals surface area contributed by atoms with Gasteiger partial charge in [0.25, 0.3) is 5.91 Å². The molecule has 0 bridgehead atoms. The van der Waals surface area contributed by atoms with Gasteiger partial charge in [-0.25, -0.2) is 4.39 Å². The number of anilines is 2. The minimum atomic E-state index is -0.490. The zero-order valence-corrected chi connectivity index (χ0v) is 17.9. The molecule has 0 aliphatic rings. The predicted molar refractivity (Wildman–Crippen MR) is 121 cm³/mol. The Labute approximate surface area is 184 Å². The Hall–Kier alpha value is -3.26. The molecule has 1 heterocycles. The number of aryl methyl sites for hydroxylation is 1. The molecule has 0 aliphatic carbocycles. The van der Waals surface area contributed by atoms with Crippen molar-refractivity contribution in [3.63, 3.8) is 0 Å². The number of benzene rings is 2. The first-order valence-electron chi connectivity index (χ1n) is 9.95. The van der Waals surface area contributed by atoms with E-state index in [-0.39, 0.29) is 23.0 Å². The van der Waals surface area contributed by atoms with Crippen molar-refractivity contribution in [1.29, 1.82) is 0 Å². The molecule has 3 aromatic rings. The van der Waals surface area contributed by atoms with Crippen LogP contribution in [0, 0.1) is 5.82 Å². The van der Waals surface area contributed by atoms with Crippen LogP contribution in [0.1, 0.15) is 35.7 Å². The second kappa shape index (κ2) is 11.2. The number of hydrogen-bond acceptors (Lipinski definition) is 5. The monoisotopic (exact) mass is 438 g/mol. The van der Waals surface area contributed by atoms with Crippen molar-refractivity contribution in [2.75, 3.05) is 16.4 Å². The summed E-state index contributed by atoms with van der Waals surface area (Å²) in [6.45, 7) is 2.16. The Morgan fingerprint density at radius 3 is 2.48 bits per heavy atom. The molecule has 0 saturated heterocycles. The molecule has 0 atom stereocenters. The summed E-state index contributed by atoms with van der Waals surface area (Å²) >= 11 is 1.24. The first-order valence-corrected chi connectivity index (χ1v) is 10.9. The lowest BCUT2D eigenvalue weighted by molar-refractivity contribution is -0.113. The van der Waals surface area contributed by atoms with Crippen molar-refractivity contribution in [2.24, 2.45) is 0 Å². The number of amides is 2. The molecule has 31 heavy (non-hydrogen) atoms. The summed E-state index contributed by atoms with van der Waals surface area (Å²) in [6, 6.07) is 16.5. The van der Waals surface area contributed by atoms with E-state index in [1.165, 1.54) is 35.5 Å². The molecule has 0 saturated carbocycles. The number of rotatable bonds is 9. The van der Waals surface area contributed by atoms with E-state index < -0.39 is 11.7 Å². The van der Waals surface area contributed by atoms with Crippen molar-refractivity contribution in [3.05, 3.63) is 77.6 Å². The Bertz CT molecular complexity index is 1030. The molecule has 0 spiro atoms. The molecule has 1 aromatic heterocycles. The Morgan fingerprint density at radius 1 is 1.00 bits per heavy atom. The highest BCUT2D eigenvalue weighted by atomic mass is 32.2. The van der Waals surface area contributed by atoms with Crippen LogP contribution in [0.3, 0.4) is 0 Å². The molecular formula is C23H23FN4O2S. The zero-order chi connectivity index (χ0) is 22.1. The van der Waals surface area contributed by atoms with Crippen LogP contribution in [0.4, 0.5) is 15.9 Å². The fourth-order valence-corrected chi connectivity index (χ4v) is 3.37. The van der Waals surface area contributed by atoms with Crippen LogP contribution in [-0.4, -0.2) is 27.8 Å². The fourth-order valence-electron chi connectivity index (χ4n) is 2.75. The summed E-state index contributed by atoms with van der Waals surface area (Å²) in [5.74, 6) is -0.685. The molecule has 2 aromatic carbocycles. The number of nitrogens with one attached hydrogen (secondary N) is 2. The van der Waals surface area contributed by atoms with Crippen LogP contribution in [0.2, 0.25) is 0 Å². The summed E-state index contributed by atoms with van der Waals surface area (Å²) in [4.78, 5) is 24.3. The Morgan fingerprint density at radius 2 is 1.81 bits per heavy atom. The molecule has 160 valence electrons. The van der Waals surface area contributed by atoms with Crippen molar-refractivity contribution in [3.8, 4) is 0 Å². The third-order valence-electron chi connectivity index (χ3n) is 4.38. The summed E-state index contributed by atoms with van der Waals surface area (Å²) in [6.07, 6.45) is 3.34. The van der Waals surface area contributed by atoms with Crippen molar-refractivity contribution in [2.45, 2.75) is 31.2 Å². The van der Waals surface area contributed by atoms with E-state index in [9.17, 15) is 14.0 Å². The number of unbranched alkanes of at least 4 members (excludes halogenated alkanes) is 1. The highest BCUT2D eigenvalue weighted by Crippen LogP contribution is 2.17. The standard InChI is InChI=1S/C23H23FN4O2S/c1-2-3-5-16-8-10-19(11-9-16)25-21(29)15-31-22-13-12-20(27-28-22)26-23(30)17-6-4-7-18(24)14-17/h4,6-14H,2-3,5,15H2,1H3,(H,25,29)(H,26,27,30). The van der Waals surface area contributed by atoms with Crippen LogP contribution < -0.4 is 10.6 Å². The number of thioether (sulfide) groups is 1. The minimum absolute atomic E-state index is 0.142. The summed E-state index contributed by atoms with van der Waals surface area (Å²) in [5, 5.41) is 13.9. The van der Waals surface area contributed by atoms with Gasteiger partial charge in [0.1, 0.15) is 10.8 Å². The van der Waals surface area contributed by atoms with Gasteiger partial charge in [-0.3, -0.25) is 9.59 Å². The van der Waals surface area contributed by atoms with E-state index in [1.807, 2.05) is 24.3 Å².